The number of nitrogens with zero attached hydrogens (tertiary/aromatic N) is 2. The van der Waals surface area contributed by atoms with Crippen LogP contribution in [0.2, 0.25) is 0 Å². The Bertz CT molecular complexity index is 2990. The number of hydrogen-bond donors (Lipinski definition) is 0. The van der Waals surface area contributed by atoms with Crippen LogP contribution in [0, 0.1) is 23.7 Å². The molecule has 264 valence electrons. The SMILES string of the molecule is c1ccc(-n2c3ccccc3c3cccc(N(c4ccc5c(c4)C4(c6ccccc6-5)C5CC6CC(C5)CC4C6)c4cccc5oc6ccccc6c45)c32)cc1. The summed E-state index contributed by atoms with van der Waals surface area (Å²) in [5.74, 6) is 3.18. The third-order valence-electron chi connectivity index (χ3n) is 14.3. The Hall–Kier alpha value is -6.06. The van der Waals surface area contributed by atoms with Gasteiger partial charge in [0, 0.05) is 32.9 Å². The molecule has 0 N–H and O–H groups in total. The minimum absolute atomic E-state index is 0.0698. The first-order valence-electron chi connectivity index (χ1n) is 20.3. The van der Waals surface area contributed by atoms with Crippen molar-refractivity contribution in [2.45, 2.75) is 37.5 Å². The molecule has 2 heterocycles. The van der Waals surface area contributed by atoms with Crippen molar-refractivity contribution in [2.24, 2.45) is 23.7 Å². The predicted octanol–water partition coefficient (Wildman–Crippen LogP) is 13.9. The lowest BCUT2D eigenvalue weighted by Crippen LogP contribution is -2.55. The summed E-state index contributed by atoms with van der Waals surface area (Å²) in [5.41, 5.74) is 15.0. The first kappa shape index (κ1) is 30.3. The van der Waals surface area contributed by atoms with Crippen LogP contribution in [0.3, 0.4) is 0 Å². The zero-order valence-corrected chi connectivity index (χ0v) is 30.7. The lowest BCUT2D eigenvalue weighted by Gasteiger charge is -2.61. The number of benzene rings is 7. The first-order chi connectivity index (χ1) is 27.3. The van der Waals surface area contributed by atoms with Crippen molar-refractivity contribution in [3.63, 3.8) is 0 Å². The second kappa shape index (κ2) is 11.0. The number of fused-ring (bicyclic) bond motifs is 9. The van der Waals surface area contributed by atoms with Crippen LogP contribution in [-0.4, -0.2) is 4.57 Å². The molecule has 55 heavy (non-hydrogen) atoms. The van der Waals surface area contributed by atoms with Gasteiger partial charge in [-0.1, -0.05) is 103 Å². The molecule has 2 aromatic heterocycles. The van der Waals surface area contributed by atoms with Gasteiger partial charge in [-0.15, -0.1) is 0 Å². The van der Waals surface area contributed by atoms with Crippen molar-refractivity contribution in [2.75, 3.05) is 4.90 Å². The molecular formula is C52H40N2O. The molecule has 14 rings (SSSR count). The van der Waals surface area contributed by atoms with Gasteiger partial charge < -0.3 is 13.9 Å². The molecule has 7 aromatic carbocycles. The quantitative estimate of drug-likeness (QED) is 0.181. The molecular weight excluding hydrogens is 669 g/mol. The molecule has 0 saturated heterocycles. The van der Waals surface area contributed by atoms with Crippen LogP contribution in [0.15, 0.2) is 162 Å². The van der Waals surface area contributed by atoms with Crippen molar-refractivity contribution >= 4 is 60.8 Å². The predicted molar refractivity (Wildman–Crippen MR) is 226 cm³/mol. The highest BCUT2D eigenvalue weighted by Gasteiger charge is 2.61. The third kappa shape index (κ3) is 3.96. The maximum Gasteiger partial charge on any atom is 0.137 e. The van der Waals surface area contributed by atoms with Crippen LogP contribution in [0.25, 0.3) is 60.6 Å². The van der Waals surface area contributed by atoms with Crippen molar-refractivity contribution in [3.8, 4) is 16.8 Å². The summed E-state index contributed by atoms with van der Waals surface area (Å²) >= 11 is 0. The molecule has 4 fully saturated rings. The van der Waals surface area contributed by atoms with E-state index in [0.717, 1.165) is 50.8 Å². The van der Waals surface area contributed by atoms with Gasteiger partial charge >= 0.3 is 0 Å². The maximum absolute atomic E-state index is 6.58. The van der Waals surface area contributed by atoms with Crippen molar-refractivity contribution in [3.05, 3.63) is 169 Å². The minimum Gasteiger partial charge on any atom is -0.456 e. The molecule has 0 aliphatic heterocycles. The van der Waals surface area contributed by atoms with Crippen molar-refractivity contribution < 1.29 is 4.42 Å². The Morgan fingerprint density at radius 2 is 1.16 bits per heavy atom. The van der Waals surface area contributed by atoms with E-state index in [0.29, 0.717) is 11.8 Å². The average Bonchev–Trinajstić information content (AvgIpc) is 3.87. The Balaban J connectivity index is 1.14. The van der Waals surface area contributed by atoms with Gasteiger partial charge in [0.25, 0.3) is 0 Å². The molecule has 0 unspecified atom stereocenters. The van der Waals surface area contributed by atoms with E-state index in [-0.39, 0.29) is 5.41 Å². The zero-order valence-electron chi connectivity index (χ0n) is 30.7. The van der Waals surface area contributed by atoms with Crippen LogP contribution >= 0.6 is 0 Å². The molecule has 0 atom stereocenters. The lowest BCUT2D eigenvalue weighted by molar-refractivity contribution is -0.0399. The van der Waals surface area contributed by atoms with Crippen molar-refractivity contribution in [1.82, 2.24) is 4.57 Å². The maximum atomic E-state index is 6.58. The van der Waals surface area contributed by atoms with Gasteiger partial charge in [0.05, 0.1) is 27.8 Å². The molecule has 3 nitrogen and oxygen atoms in total. The number of hydrogen-bond acceptors (Lipinski definition) is 2. The monoisotopic (exact) mass is 708 g/mol. The molecule has 4 bridgehead atoms. The van der Waals surface area contributed by atoms with Crippen LogP contribution < -0.4 is 4.90 Å². The molecule has 5 aliphatic rings. The van der Waals surface area contributed by atoms with Crippen LogP contribution in [-0.2, 0) is 5.41 Å². The Labute approximate surface area is 320 Å². The lowest BCUT2D eigenvalue weighted by atomic mass is 9.43. The van der Waals surface area contributed by atoms with E-state index in [1.54, 1.807) is 11.1 Å². The summed E-state index contributed by atoms with van der Waals surface area (Å²) in [6.45, 7) is 0. The van der Waals surface area contributed by atoms with E-state index >= 15 is 0 Å². The fraction of sp³-hybridized carbons (Fsp3) is 0.192. The summed E-state index contributed by atoms with van der Waals surface area (Å²) in [6.07, 6.45) is 6.92. The van der Waals surface area contributed by atoms with E-state index in [1.807, 2.05) is 0 Å². The first-order valence-corrected chi connectivity index (χ1v) is 20.3. The fourth-order valence-electron chi connectivity index (χ4n) is 12.7. The minimum atomic E-state index is 0.0698. The third-order valence-corrected chi connectivity index (χ3v) is 14.3. The summed E-state index contributed by atoms with van der Waals surface area (Å²) in [5, 5.41) is 4.79. The Morgan fingerprint density at radius 3 is 2.02 bits per heavy atom. The van der Waals surface area contributed by atoms with E-state index in [1.165, 1.54) is 70.7 Å². The van der Waals surface area contributed by atoms with Crippen LogP contribution in [0.1, 0.15) is 43.2 Å². The van der Waals surface area contributed by atoms with E-state index in [9.17, 15) is 0 Å². The van der Waals surface area contributed by atoms with Crippen LogP contribution in [0.4, 0.5) is 17.1 Å². The number of furan rings is 1. The number of rotatable bonds is 4. The van der Waals surface area contributed by atoms with Crippen LogP contribution in [0.5, 0.6) is 0 Å². The summed E-state index contributed by atoms with van der Waals surface area (Å²) in [6, 6.07) is 58.7. The smallest absolute Gasteiger partial charge is 0.137 e. The Morgan fingerprint density at radius 1 is 0.509 bits per heavy atom. The summed E-state index contributed by atoms with van der Waals surface area (Å²) in [7, 11) is 0. The number of anilines is 3. The van der Waals surface area contributed by atoms with Gasteiger partial charge in [-0.2, -0.15) is 0 Å². The van der Waals surface area contributed by atoms with Gasteiger partial charge in [0.2, 0.25) is 0 Å². The fourth-order valence-corrected chi connectivity index (χ4v) is 12.7. The van der Waals surface area contributed by atoms with Gasteiger partial charge in [-0.25, -0.2) is 0 Å². The molecule has 0 amide bonds. The normalized spacial score (nSPS) is 23.3. The van der Waals surface area contributed by atoms with E-state index in [4.69, 9.17) is 4.42 Å². The topological polar surface area (TPSA) is 21.3 Å². The molecule has 4 saturated carbocycles. The second-order valence-corrected chi connectivity index (χ2v) is 16.9. The highest BCUT2D eigenvalue weighted by molar-refractivity contribution is 6.18. The molecule has 9 aromatic rings. The second-order valence-electron chi connectivity index (χ2n) is 16.9. The molecule has 3 heteroatoms. The zero-order chi connectivity index (χ0) is 35.8. The average molecular weight is 709 g/mol. The standard InChI is InChI=1S/C52H40N2O/c1-2-12-36(13-3-1)54-45-19-8-5-15-40(45)41-17-10-21-47(51(41)54)53(46-20-11-23-49-50(46)42-16-6-9-22-48(42)55-49)37-24-25-39-38-14-4-7-18-43(38)52(44(39)31-37)34-27-32-26-33(29-34)30-35(52)28-32/h1-25,31-35H,26-30H2. The summed E-state index contributed by atoms with van der Waals surface area (Å²) < 4.78 is 9.06. The van der Waals surface area contributed by atoms with Crippen molar-refractivity contribution in [1.29, 1.82) is 0 Å². The molecule has 1 spiro atoms. The number of para-hydroxylation sites is 4. The van der Waals surface area contributed by atoms with Gasteiger partial charge in [0.15, 0.2) is 0 Å². The highest BCUT2D eigenvalue weighted by atomic mass is 16.3. The Kier molecular flexibility index (Phi) is 6.06. The summed E-state index contributed by atoms with van der Waals surface area (Å²) in [4.78, 5) is 2.57. The highest BCUT2D eigenvalue weighted by Crippen LogP contribution is 2.69. The van der Waals surface area contributed by atoms with Gasteiger partial charge in [0.1, 0.15) is 11.2 Å². The number of aromatic nitrogens is 1. The van der Waals surface area contributed by atoms with Gasteiger partial charge in [-0.3, -0.25) is 0 Å². The van der Waals surface area contributed by atoms with E-state index < -0.39 is 0 Å². The van der Waals surface area contributed by atoms with Gasteiger partial charge in [-0.05, 0) is 133 Å². The van der Waals surface area contributed by atoms with E-state index in [2.05, 4.69) is 167 Å². The molecule has 0 radical (unpaired) electrons. The molecule has 5 aliphatic carbocycles. The largest absolute Gasteiger partial charge is 0.456 e.